The molecule has 0 saturated carbocycles. The van der Waals surface area contributed by atoms with Crippen molar-refractivity contribution in [1.82, 2.24) is 5.32 Å². The third kappa shape index (κ3) is 3.67. The Balaban J connectivity index is 1.93. The summed E-state index contributed by atoms with van der Waals surface area (Å²) < 4.78 is 39.8. The summed E-state index contributed by atoms with van der Waals surface area (Å²) in [5.41, 5.74) is 5.51. The smallest absolute Gasteiger partial charge is 0.255 e. The SMILES string of the molecule is CC1=C(S(=O)(=O)c2ccccc2)SC(NC(=O)c2ccccc2F)C1C(N)=O. The van der Waals surface area contributed by atoms with E-state index in [1.165, 1.54) is 37.3 Å². The van der Waals surface area contributed by atoms with Crippen LogP contribution in [-0.4, -0.2) is 25.6 Å². The van der Waals surface area contributed by atoms with Crippen molar-refractivity contribution in [3.05, 3.63) is 75.8 Å². The first-order chi connectivity index (χ1) is 13.2. The molecule has 2 aromatic carbocycles. The number of carbonyl (C=O) groups excluding carboxylic acids is 2. The average molecular weight is 420 g/mol. The molecule has 146 valence electrons. The molecule has 28 heavy (non-hydrogen) atoms. The molecule has 2 aromatic rings. The zero-order valence-electron chi connectivity index (χ0n) is 14.8. The van der Waals surface area contributed by atoms with Gasteiger partial charge in [0.25, 0.3) is 5.91 Å². The van der Waals surface area contributed by atoms with Gasteiger partial charge in [0, 0.05) is 0 Å². The predicted octanol–water partition coefficient (Wildman–Crippen LogP) is 2.44. The molecule has 0 spiro atoms. The lowest BCUT2D eigenvalue weighted by Crippen LogP contribution is -2.42. The van der Waals surface area contributed by atoms with E-state index in [4.69, 9.17) is 5.73 Å². The number of halogens is 1. The summed E-state index contributed by atoms with van der Waals surface area (Å²) in [6.45, 7) is 1.49. The largest absolute Gasteiger partial charge is 0.369 e. The first-order valence-electron chi connectivity index (χ1n) is 8.25. The Kier molecular flexibility index (Phi) is 5.57. The standard InChI is InChI=1S/C19H17FN2O4S2/c1-11-15(16(21)23)18(22-17(24)13-9-5-6-10-14(13)20)27-19(11)28(25,26)12-7-3-2-4-8-12/h2-10,15,18H,1H3,(H2,21,23)(H,22,24). The van der Waals surface area contributed by atoms with E-state index >= 15 is 0 Å². The molecular weight excluding hydrogens is 403 g/mol. The van der Waals surface area contributed by atoms with Gasteiger partial charge in [-0.25, -0.2) is 12.8 Å². The number of primary amides is 1. The quantitative estimate of drug-likeness (QED) is 0.773. The van der Waals surface area contributed by atoms with Crippen LogP contribution in [0.3, 0.4) is 0 Å². The Morgan fingerprint density at radius 3 is 2.29 bits per heavy atom. The molecule has 9 heteroatoms. The van der Waals surface area contributed by atoms with Gasteiger partial charge in [-0.1, -0.05) is 42.1 Å². The molecule has 1 aliphatic heterocycles. The molecule has 0 bridgehead atoms. The summed E-state index contributed by atoms with van der Waals surface area (Å²) in [5.74, 6) is -3.29. The van der Waals surface area contributed by atoms with E-state index in [2.05, 4.69) is 5.32 Å². The van der Waals surface area contributed by atoms with Crippen molar-refractivity contribution in [2.24, 2.45) is 11.7 Å². The first-order valence-corrected chi connectivity index (χ1v) is 10.6. The third-order valence-corrected chi connectivity index (χ3v) is 8.15. The van der Waals surface area contributed by atoms with Crippen LogP contribution in [0, 0.1) is 11.7 Å². The second-order valence-electron chi connectivity index (χ2n) is 6.16. The second kappa shape index (κ2) is 7.76. The fraction of sp³-hybridized carbons (Fsp3) is 0.158. The maximum Gasteiger partial charge on any atom is 0.255 e. The molecule has 6 nitrogen and oxygen atoms in total. The summed E-state index contributed by atoms with van der Waals surface area (Å²) in [6, 6.07) is 13.1. The van der Waals surface area contributed by atoms with Crippen LogP contribution in [-0.2, 0) is 14.6 Å². The minimum absolute atomic E-state index is 0.0404. The van der Waals surface area contributed by atoms with Gasteiger partial charge in [-0.05, 0) is 36.8 Å². The molecular formula is C19H17FN2O4S2. The fourth-order valence-corrected chi connectivity index (χ4v) is 6.51. The third-order valence-electron chi connectivity index (χ3n) is 4.32. The van der Waals surface area contributed by atoms with Crippen LogP contribution in [0.4, 0.5) is 4.39 Å². The molecule has 2 atom stereocenters. The zero-order valence-corrected chi connectivity index (χ0v) is 16.4. The van der Waals surface area contributed by atoms with Gasteiger partial charge in [-0.3, -0.25) is 9.59 Å². The number of benzene rings is 2. The summed E-state index contributed by atoms with van der Waals surface area (Å²) >= 11 is 0.822. The fourth-order valence-electron chi connectivity index (χ4n) is 2.94. The number of rotatable bonds is 5. The van der Waals surface area contributed by atoms with Gasteiger partial charge >= 0.3 is 0 Å². The van der Waals surface area contributed by atoms with Crippen LogP contribution in [0.1, 0.15) is 17.3 Å². The van der Waals surface area contributed by atoms with Gasteiger partial charge in [-0.15, -0.1) is 0 Å². The second-order valence-corrected chi connectivity index (χ2v) is 9.46. The van der Waals surface area contributed by atoms with Gasteiger partial charge < -0.3 is 11.1 Å². The van der Waals surface area contributed by atoms with Gasteiger partial charge in [0.05, 0.1) is 21.8 Å². The van der Waals surface area contributed by atoms with Crippen LogP contribution in [0.25, 0.3) is 0 Å². The minimum atomic E-state index is -3.89. The molecule has 3 N–H and O–H groups in total. The first kappa shape index (κ1) is 20.1. The van der Waals surface area contributed by atoms with Crippen molar-refractivity contribution < 1.29 is 22.4 Å². The Labute approximate surface area is 165 Å². The molecule has 1 aliphatic rings. The van der Waals surface area contributed by atoms with E-state index < -0.39 is 38.8 Å². The highest BCUT2D eigenvalue weighted by Crippen LogP contribution is 2.45. The number of carbonyl (C=O) groups is 2. The maximum absolute atomic E-state index is 13.9. The molecule has 2 unspecified atom stereocenters. The van der Waals surface area contributed by atoms with Crippen LogP contribution in [0.15, 0.2) is 69.3 Å². The summed E-state index contributed by atoms with van der Waals surface area (Å²) in [7, 11) is -3.89. The van der Waals surface area contributed by atoms with E-state index in [1.54, 1.807) is 18.2 Å². The van der Waals surface area contributed by atoms with E-state index in [1.807, 2.05) is 0 Å². The topological polar surface area (TPSA) is 106 Å². The average Bonchev–Trinajstić information content (AvgIpc) is 2.99. The maximum atomic E-state index is 13.9. The van der Waals surface area contributed by atoms with Crippen molar-refractivity contribution in [3.8, 4) is 0 Å². The zero-order chi connectivity index (χ0) is 20.5. The van der Waals surface area contributed by atoms with E-state index in [-0.39, 0.29) is 20.3 Å². The lowest BCUT2D eigenvalue weighted by molar-refractivity contribution is -0.120. The monoisotopic (exact) mass is 420 g/mol. The Morgan fingerprint density at radius 1 is 1.07 bits per heavy atom. The van der Waals surface area contributed by atoms with Gasteiger partial charge in [0.15, 0.2) is 0 Å². The van der Waals surface area contributed by atoms with Crippen LogP contribution >= 0.6 is 11.8 Å². The molecule has 0 aliphatic carbocycles. The van der Waals surface area contributed by atoms with Crippen molar-refractivity contribution >= 4 is 33.4 Å². The number of nitrogens with two attached hydrogens (primary N) is 1. The Morgan fingerprint density at radius 2 is 1.68 bits per heavy atom. The summed E-state index contributed by atoms with van der Waals surface area (Å²) in [5, 5.41) is 1.57. The van der Waals surface area contributed by atoms with Crippen LogP contribution < -0.4 is 11.1 Å². The summed E-state index contributed by atoms with van der Waals surface area (Å²) in [6.07, 6.45) is 0. The lowest BCUT2D eigenvalue weighted by Gasteiger charge is -2.19. The number of amides is 2. The molecule has 0 radical (unpaired) electrons. The number of nitrogens with one attached hydrogen (secondary N) is 1. The number of thioether (sulfide) groups is 1. The van der Waals surface area contributed by atoms with E-state index in [0.717, 1.165) is 17.8 Å². The molecule has 0 saturated heterocycles. The number of hydrogen-bond acceptors (Lipinski definition) is 5. The molecule has 0 aromatic heterocycles. The highest BCUT2D eigenvalue weighted by molar-refractivity contribution is 8.19. The van der Waals surface area contributed by atoms with Crippen molar-refractivity contribution in [2.75, 3.05) is 0 Å². The van der Waals surface area contributed by atoms with Crippen molar-refractivity contribution in [1.29, 1.82) is 0 Å². The van der Waals surface area contributed by atoms with E-state index in [0.29, 0.717) is 0 Å². The number of hydrogen-bond donors (Lipinski definition) is 2. The Bertz CT molecular complexity index is 1070. The normalized spacial score (nSPS) is 19.5. The summed E-state index contributed by atoms with van der Waals surface area (Å²) in [4.78, 5) is 24.5. The van der Waals surface area contributed by atoms with Gasteiger partial charge in [-0.2, -0.15) is 0 Å². The molecule has 0 fully saturated rings. The van der Waals surface area contributed by atoms with Crippen molar-refractivity contribution in [2.45, 2.75) is 17.2 Å². The molecule has 1 heterocycles. The van der Waals surface area contributed by atoms with Crippen LogP contribution in [0.2, 0.25) is 0 Å². The lowest BCUT2D eigenvalue weighted by atomic mass is 10.0. The highest BCUT2D eigenvalue weighted by Gasteiger charge is 2.43. The highest BCUT2D eigenvalue weighted by atomic mass is 32.3. The molecule has 2 amide bonds. The minimum Gasteiger partial charge on any atom is -0.369 e. The van der Waals surface area contributed by atoms with Crippen LogP contribution in [0.5, 0.6) is 0 Å². The van der Waals surface area contributed by atoms with Gasteiger partial charge in [0.2, 0.25) is 15.7 Å². The molecule has 3 rings (SSSR count). The Hall–Kier alpha value is -2.65. The number of sulfone groups is 1. The van der Waals surface area contributed by atoms with Crippen molar-refractivity contribution in [3.63, 3.8) is 0 Å². The van der Waals surface area contributed by atoms with Gasteiger partial charge in [0.1, 0.15) is 10.1 Å². The van der Waals surface area contributed by atoms with E-state index in [9.17, 15) is 22.4 Å². The predicted molar refractivity (Wildman–Crippen MR) is 104 cm³/mol.